The molecule has 0 saturated carbocycles. The summed E-state index contributed by atoms with van der Waals surface area (Å²) in [7, 11) is 0. The molecule has 0 spiro atoms. The van der Waals surface area contributed by atoms with E-state index >= 15 is 0 Å². The third-order valence-corrected chi connectivity index (χ3v) is 1.71. The Morgan fingerprint density at radius 2 is 1.06 bits per heavy atom. The Bertz CT molecular complexity index is 306. The number of hydrogen-bond acceptors (Lipinski definition) is 9. The average molecular weight is 245 g/mol. The van der Waals surface area contributed by atoms with Crippen molar-refractivity contribution in [2.75, 3.05) is 0 Å². The topological polar surface area (TPSA) is 173 Å². The highest BCUT2D eigenvalue weighted by Crippen LogP contribution is 1.96. The van der Waals surface area contributed by atoms with Gasteiger partial charge in [-0.1, -0.05) is 0 Å². The molecule has 0 bridgehead atoms. The second-order valence-corrected chi connectivity index (χ2v) is 3.06. The summed E-state index contributed by atoms with van der Waals surface area (Å²) >= 11 is 0. The molecule has 0 aromatic carbocycles. The molecule has 0 aromatic heterocycles. The largest absolute Gasteiger partial charge is 0.550 e. The minimum Gasteiger partial charge on any atom is -0.550 e. The van der Waals surface area contributed by atoms with Crippen LogP contribution in [-0.4, -0.2) is 36.0 Å². The summed E-state index contributed by atoms with van der Waals surface area (Å²) in [5.41, 5.74) is 0. The molecule has 0 unspecified atom stereocenters. The van der Waals surface area contributed by atoms with E-state index in [9.17, 15) is 39.6 Å². The Labute approximate surface area is 94.7 Å². The van der Waals surface area contributed by atoms with E-state index in [0.29, 0.717) is 0 Å². The number of aliphatic carboxylic acids is 4. The minimum atomic E-state index is -1.90. The van der Waals surface area contributed by atoms with E-state index in [4.69, 9.17) is 0 Å². The van der Waals surface area contributed by atoms with Crippen LogP contribution in [0.2, 0.25) is 0 Å². The second-order valence-electron chi connectivity index (χ2n) is 3.06. The van der Waals surface area contributed by atoms with Crippen molar-refractivity contribution in [1.82, 2.24) is 5.32 Å². The lowest BCUT2D eigenvalue weighted by molar-refractivity contribution is -0.322. The minimum absolute atomic E-state index is 1.07. The van der Waals surface area contributed by atoms with Gasteiger partial charge in [0.05, 0.1) is 24.0 Å². The fourth-order valence-electron chi connectivity index (χ4n) is 0.997. The molecule has 9 nitrogen and oxygen atoms in total. The molecule has 1 N–H and O–H groups in total. The monoisotopic (exact) mass is 245 g/mol. The van der Waals surface area contributed by atoms with Crippen LogP contribution in [0.1, 0.15) is 12.8 Å². The van der Waals surface area contributed by atoms with E-state index in [1.54, 1.807) is 5.32 Å². The van der Waals surface area contributed by atoms with Crippen LogP contribution >= 0.6 is 0 Å². The standard InChI is InChI=1S/C8H11NO8/c10-5(11)1-3(7(14)15)9-4(8(16)17)2-6(12)13/h3-4,9H,1-2H2,(H,10,11)(H,12,13)(H,14,15)(H,16,17)/p-4/t3-,4+. The summed E-state index contributed by atoms with van der Waals surface area (Å²) in [4.78, 5) is 41.2. The summed E-state index contributed by atoms with van der Waals surface area (Å²) in [5.74, 6) is -7.34. The molecule has 0 heterocycles. The van der Waals surface area contributed by atoms with Gasteiger partial charge in [-0.05, 0) is 0 Å². The Morgan fingerprint density at radius 1 is 0.765 bits per heavy atom. The molecule has 9 heteroatoms. The maximum Gasteiger partial charge on any atom is 0.0588 e. The van der Waals surface area contributed by atoms with Crippen molar-refractivity contribution in [3.63, 3.8) is 0 Å². The lowest BCUT2D eigenvalue weighted by Crippen LogP contribution is -2.57. The smallest absolute Gasteiger partial charge is 0.0588 e. The summed E-state index contributed by atoms with van der Waals surface area (Å²) in [6, 6.07) is -3.80. The van der Waals surface area contributed by atoms with Crippen LogP contribution < -0.4 is 25.7 Å². The fourth-order valence-corrected chi connectivity index (χ4v) is 0.997. The van der Waals surface area contributed by atoms with E-state index in [1.165, 1.54) is 0 Å². The van der Waals surface area contributed by atoms with E-state index in [2.05, 4.69) is 0 Å². The van der Waals surface area contributed by atoms with Gasteiger partial charge < -0.3 is 44.9 Å². The van der Waals surface area contributed by atoms with E-state index in [1.807, 2.05) is 0 Å². The quantitative estimate of drug-likeness (QED) is 0.435. The second kappa shape index (κ2) is 6.43. The first-order valence-corrected chi connectivity index (χ1v) is 4.31. The highest BCUT2D eigenvalue weighted by atomic mass is 16.4. The van der Waals surface area contributed by atoms with Crippen LogP contribution in [0.4, 0.5) is 0 Å². The third kappa shape index (κ3) is 6.10. The van der Waals surface area contributed by atoms with Crippen molar-refractivity contribution in [3.05, 3.63) is 0 Å². The zero-order valence-electron chi connectivity index (χ0n) is 8.33. The molecular formula is C8H7NO8-4. The SMILES string of the molecule is O=C([O-])C[C@H](N[C@H](CC(=O)[O-])C(=O)[O-])C(=O)[O-]. The van der Waals surface area contributed by atoms with Gasteiger partial charge in [-0.2, -0.15) is 0 Å². The highest BCUT2D eigenvalue weighted by Gasteiger charge is 2.17. The van der Waals surface area contributed by atoms with Crippen molar-refractivity contribution in [3.8, 4) is 0 Å². The van der Waals surface area contributed by atoms with Crippen LogP contribution in [0, 0.1) is 0 Å². The molecule has 0 aliphatic carbocycles. The molecule has 0 saturated heterocycles. The van der Waals surface area contributed by atoms with E-state index in [-0.39, 0.29) is 0 Å². The van der Waals surface area contributed by atoms with Gasteiger partial charge in [0.15, 0.2) is 0 Å². The number of carboxylic acid groups (broad SMARTS) is 4. The number of nitrogens with one attached hydrogen (secondary N) is 1. The Balaban J connectivity index is 4.67. The summed E-state index contributed by atoms with van der Waals surface area (Å²) in [6.07, 6.45) is -2.14. The lowest BCUT2D eigenvalue weighted by Gasteiger charge is -2.27. The van der Waals surface area contributed by atoms with Crippen molar-refractivity contribution >= 4 is 23.9 Å². The first-order valence-electron chi connectivity index (χ1n) is 4.31. The van der Waals surface area contributed by atoms with Gasteiger partial charge in [-0.3, -0.25) is 0 Å². The van der Waals surface area contributed by atoms with Gasteiger partial charge in [-0.15, -0.1) is 0 Å². The number of rotatable bonds is 8. The molecule has 0 aliphatic rings. The molecular weight excluding hydrogens is 238 g/mol. The highest BCUT2D eigenvalue weighted by molar-refractivity contribution is 5.82. The maximum absolute atomic E-state index is 10.4. The van der Waals surface area contributed by atoms with E-state index < -0.39 is 48.8 Å². The molecule has 96 valence electrons. The molecule has 0 fully saturated rings. The van der Waals surface area contributed by atoms with Crippen LogP contribution in [0.25, 0.3) is 0 Å². The van der Waals surface area contributed by atoms with Crippen molar-refractivity contribution in [2.45, 2.75) is 24.9 Å². The summed E-state index contributed by atoms with van der Waals surface area (Å²) < 4.78 is 0. The third-order valence-electron chi connectivity index (χ3n) is 1.71. The van der Waals surface area contributed by atoms with Crippen molar-refractivity contribution < 1.29 is 39.6 Å². The van der Waals surface area contributed by atoms with Crippen LogP contribution in [0.15, 0.2) is 0 Å². The van der Waals surface area contributed by atoms with Crippen molar-refractivity contribution in [2.24, 2.45) is 0 Å². The van der Waals surface area contributed by atoms with Gasteiger partial charge in [-0.25, -0.2) is 0 Å². The number of carbonyl (C=O) groups excluding carboxylic acids is 4. The molecule has 2 atom stereocenters. The van der Waals surface area contributed by atoms with Crippen molar-refractivity contribution in [1.29, 1.82) is 0 Å². The van der Waals surface area contributed by atoms with Crippen LogP contribution in [0.3, 0.4) is 0 Å². The molecule has 0 aromatic rings. The van der Waals surface area contributed by atoms with Gasteiger partial charge in [0.25, 0.3) is 0 Å². The fraction of sp³-hybridized carbons (Fsp3) is 0.500. The first kappa shape index (κ1) is 14.8. The summed E-state index contributed by atoms with van der Waals surface area (Å²) in [5, 5.41) is 42.9. The van der Waals surface area contributed by atoms with E-state index in [0.717, 1.165) is 0 Å². The summed E-state index contributed by atoms with van der Waals surface area (Å²) in [6.45, 7) is 0. The zero-order chi connectivity index (χ0) is 13.6. The Morgan fingerprint density at radius 3 is 1.24 bits per heavy atom. The van der Waals surface area contributed by atoms with Gasteiger partial charge >= 0.3 is 0 Å². The number of hydrogen-bond donors (Lipinski definition) is 1. The van der Waals surface area contributed by atoms with Gasteiger partial charge in [0, 0.05) is 24.8 Å². The van der Waals surface area contributed by atoms with Gasteiger partial charge in [0.2, 0.25) is 0 Å². The van der Waals surface area contributed by atoms with Crippen LogP contribution in [0.5, 0.6) is 0 Å². The van der Waals surface area contributed by atoms with Crippen LogP contribution in [-0.2, 0) is 19.2 Å². The predicted molar refractivity (Wildman–Crippen MR) is 40.0 cm³/mol. The van der Waals surface area contributed by atoms with Gasteiger partial charge in [0.1, 0.15) is 0 Å². The zero-order valence-corrected chi connectivity index (χ0v) is 8.33. The predicted octanol–water partition coefficient (Wildman–Crippen LogP) is -6.91. The molecule has 0 rings (SSSR count). The normalized spacial score (nSPS) is 13.6. The molecule has 0 aliphatic heterocycles. The average Bonchev–Trinajstić information content (AvgIpc) is 2.13. The Kier molecular flexibility index (Phi) is 5.61. The first-order chi connectivity index (χ1) is 7.73. The number of carboxylic acids is 4. The lowest BCUT2D eigenvalue weighted by atomic mass is 10.1. The number of carbonyl (C=O) groups is 4. The Hall–Kier alpha value is -2.16. The molecule has 17 heavy (non-hydrogen) atoms. The maximum atomic E-state index is 10.4. The molecule has 0 radical (unpaired) electrons. The molecule has 0 amide bonds.